The quantitative estimate of drug-likeness (QED) is 0.757. The first-order valence-electron chi connectivity index (χ1n) is 4.34. The molecule has 5 nitrogen and oxygen atoms in total. The van der Waals surface area contributed by atoms with E-state index in [2.05, 4.69) is 10.2 Å². The van der Waals surface area contributed by atoms with E-state index in [1.54, 1.807) is 6.92 Å². The molecular weight excluding hydrogens is 202 g/mol. The first kappa shape index (κ1) is 11.0. The van der Waals surface area contributed by atoms with Gasteiger partial charge in [0.1, 0.15) is 11.1 Å². The van der Waals surface area contributed by atoms with Gasteiger partial charge < -0.3 is 9.67 Å². The molecule has 0 aliphatic heterocycles. The third-order valence-corrected chi connectivity index (χ3v) is 2.99. The van der Waals surface area contributed by atoms with Crippen LogP contribution in [0.2, 0.25) is 0 Å². The first-order chi connectivity index (χ1) is 6.56. The molecular formula is C8H13N3O2S. The fraction of sp³-hybridized carbons (Fsp3) is 0.625. The molecule has 0 aliphatic carbocycles. The number of hydrogen-bond acceptors (Lipinski definition) is 4. The standard InChI is InChI=1S/C8H13N3O2S/c1-4-6-9-10-8(11(6)3)14-5(2)7(12)13/h5H,4H2,1-3H3,(H,12,13). The predicted molar refractivity (Wildman–Crippen MR) is 53.3 cm³/mol. The van der Waals surface area contributed by atoms with E-state index in [0.29, 0.717) is 5.16 Å². The number of carboxylic acid groups (broad SMARTS) is 1. The molecule has 1 rings (SSSR count). The van der Waals surface area contributed by atoms with E-state index in [4.69, 9.17) is 5.11 Å². The second-order valence-electron chi connectivity index (χ2n) is 2.91. The average Bonchev–Trinajstić information content (AvgIpc) is 2.47. The lowest BCUT2D eigenvalue weighted by atomic mass is 10.5. The largest absolute Gasteiger partial charge is 0.480 e. The summed E-state index contributed by atoms with van der Waals surface area (Å²) in [5, 5.41) is 16.7. The molecule has 0 spiro atoms. The van der Waals surface area contributed by atoms with E-state index in [0.717, 1.165) is 12.2 Å². The van der Waals surface area contributed by atoms with Crippen LogP contribution in [0.4, 0.5) is 0 Å². The summed E-state index contributed by atoms with van der Waals surface area (Å²) in [6.45, 7) is 3.62. The van der Waals surface area contributed by atoms with Crippen LogP contribution < -0.4 is 0 Å². The molecule has 0 aromatic carbocycles. The lowest BCUT2D eigenvalue weighted by Crippen LogP contribution is -2.12. The number of carbonyl (C=O) groups is 1. The monoisotopic (exact) mass is 215 g/mol. The maximum absolute atomic E-state index is 10.6. The minimum absolute atomic E-state index is 0.498. The Labute approximate surface area is 86.5 Å². The molecule has 1 N–H and O–H groups in total. The van der Waals surface area contributed by atoms with Crippen LogP contribution in [-0.2, 0) is 18.3 Å². The number of aliphatic carboxylic acids is 1. The Morgan fingerprint density at radius 3 is 2.71 bits per heavy atom. The average molecular weight is 215 g/mol. The van der Waals surface area contributed by atoms with Gasteiger partial charge in [0.05, 0.1) is 0 Å². The molecule has 0 radical (unpaired) electrons. The van der Waals surface area contributed by atoms with Crippen molar-refractivity contribution >= 4 is 17.7 Å². The van der Waals surface area contributed by atoms with Gasteiger partial charge in [0.15, 0.2) is 5.16 Å². The van der Waals surface area contributed by atoms with Crippen LogP contribution in [0.25, 0.3) is 0 Å². The summed E-state index contributed by atoms with van der Waals surface area (Å²) in [6.07, 6.45) is 0.797. The highest BCUT2D eigenvalue weighted by Gasteiger charge is 2.16. The molecule has 6 heteroatoms. The molecule has 1 heterocycles. The first-order valence-corrected chi connectivity index (χ1v) is 5.22. The van der Waals surface area contributed by atoms with Gasteiger partial charge in [-0.15, -0.1) is 10.2 Å². The summed E-state index contributed by atoms with van der Waals surface area (Å²) >= 11 is 1.20. The Kier molecular flexibility index (Phi) is 3.51. The van der Waals surface area contributed by atoms with Gasteiger partial charge in [-0.2, -0.15) is 0 Å². The van der Waals surface area contributed by atoms with Gasteiger partial charge in [-0.25, -0.2) is 0 Å². The molecule has 78 valence electrons. The van der Waals surface area contributed by atoms with Crippen molar-refractivity contribution < 1.29 is 9.90 Å². The number of rotatable bonds is 4. The van der Waals surface area contributed by atoms with Crippen molar-refractivity contribution in [1.82, 2.24) is 14.8 Å². The van der Waals surface area contributed by atoms with Crippen molar-refractivity contribution in [3.8, 4) is 0 Å². The molecule has 0 amide bonds. The highest BCUT2D eigenvalue weighted by atomic mass is 32.2. The van der Waals surface area contributed by atoms with Gasteiger partial charge in [-0.05, 0) is 6.92 Å². The second kappa shape index (κ2) is 4.45. The fourth-order valence-electron chi connectivity index (χ4n) is 0.964. The molecule has 0 fully saturated rings. The SMILES string of the molecule is CCc1nnc(SC(C)C(=O)O)n1C. The minimum Gasteiger partial charge on any atom is -0.480 e. The third kappa shape index (κ3) is 2.25. The van der Waals surface area contributed by atoms with Gasteiger partial charge >= 0.3 is 5.97 Å². The molecule has 1 aromatic heterocycles. The van der Waals surface area contributed by atoms with Crippen molar-refractivity contribution in [2.45, 2.75) is 30.7 Å². The Bertz CT molecular complexity index is 337. The molecule has 14 heavy (non-hydrogen) atoms. The van der Waals surface area contributed by atoms with Crippen LogP contribution in [0.1, 0.15) is 19.7 Å². The van der Waals surface area contributed by atoms with Crippen molar-refractivity contribution in [2.75, 3.05) is 0 Å². The molecule has 0 saturated heterocycles. The molecule has 0 bridgehead atoms. The highest BCUT2D eigenvalue weighted by Crippen LogP contribution is 2.21. The smallest absolute Gasteiger partial charge is 0.316 e. The van der Waals surface area contributed by atoms with Crippen molar-refractivity contribution in [3.05, 3.63) is 5.82 Å². The van der Waals surface area contributed by atoms with Crippen LogP contribution in [0.15, 0.2) is 5.16 Å². The van der Waals surface area contributed by atoms with Gasteiger partial charge in [0.2, 0.25) is 0 Å². The van der Waals surface area contributed by atoms with Gasteiger partial charge in [0.25, 0.3) is 0 Å². The normalized spacial score (nSPS) is 12.8. The predicted octanol–water partition coefficient (Wildman–Crippen LogP) is 0.943. The number of aromatic nitrogens is 3. The molecule has 1 aromatic rings. The summed E-state index contributed by atoms with van der Waals surface area (Å²) in [5.74, 6) is 0.0288. The second-order valence-corrected chi connectivity index (χ2v) is 4.22. The Hall–Kier alpha value is -1.04. The highest BCUT2D eigenvalue weighted by molar-refractivity contribution is 8.00. The topological polar surface area (TPSA) is 68.0 Å². The van der Waals surface area contributed by atoms with Crippen LogP contribution in [0, 0.1) is 0 Å². The number of carboxylic acids is 1. The van der Waals surface area contributed by atoms with Gasteiger partial charge in [-0.1, -0.05) is 18.7 Å². The molecule has 1 unspecified atom stereocenters. The summed E-state index contributed by atoms with van der Waals surface area (Å²) in [4.78, 5) is 10.6. The number of nitrogens with zero attached hydrogens (tertiary/aromatic N) is 3. The number of aryl methyl sites for hydroxylation is 1. The zero-order valence-electron chi connectivity index (χ0n) is 8.39. The van der Waals surface area contributed by atoms with E-state index in [1.807, 2.05) is 18.5 Å². The van der Waals surface area contributed by atoms with E-state index in [9.17, 15) is 4.79 Å². The maximum atomic E-state index is 10.6. The van der Waals surface area contributed by atoms with E-state index >= 15 is 0 Å². The fourth-order valence-corrected chi connectivity index (χ4v) is 1.73. The van der Waals surface area contributed by atoms with E-state index < -0.39 is 11.2 Å². The lowest BCUT2D eigenvalue weighted by molar-refractivity contribution is -0.136. The molecule has 0 aliphatic rings. The van der Waals surface area contributed by atoms with Crippen molar-refractivity contribution in [2.24, 2.45) is 7.05 Å². The van der Waals surface area contributed by atoms with E-state index in [1.165, 1.54) is 11.8 Å². The van der Waals surface area contributed by atoms with Crippen molar-refractivity contribution in [1.29, 1.82) is 0 Å². The van der Waals surface area contributed by atoms with Gasteiger partial charge in [-0.3, -0.25) is 4.79 Å². The minimum atomic E-state index is -0.837. The Balaban J connectivity index is 2.77. The number of thioether (sulfide) groups is 1. The van der Waals surface area contributed by atoms with E-state index in [-0.39, 0.29) is 0 Å². The Morgan fingerprint density at radius 2 is 2.29 bits per heavy atom. The zero-order valence-corrected chi connectivity index (χ0v) is 9.21. The maximum Gasteiger partial charge on any atom is 0.316 e. The van der Waals surface area contributed by atoms with Crippen molar-refractivity contribution in [3.63, 3.8) is 0 Å². The summed E-state index contributed by atoms with van der Waals surface area (Å²) in [5.41, 5.74) is 0. The van der Waals surface area contributed by atoms with Crippen LogP contribution in [0.3, 0.4) is 0 Å². The van der Waals surface area contributed by atoms with Crippen LogP contribution in [-0.4, -0.2) is 31.1 Å². The molecule has 0 saturated carbocycles. The summed E-state index contributed by atoms with van der Waals surface area (Å²) in [7, 11) is 1.84. The summed E-state index contributed by atoms with van der Waals surface area (Å²) in [6, 6.07) is 0. The molecule has 1 atom stereocenters. The van der Waals surface area contributed by atoms with Gasteiger partial charge in [0, 0.05) is 13.5 Å². The number of hydrogen-bond donors (Lipinski definition) is 1. The van der Waals surface area contributed by atoms with Crippen LogP contribution in [0.5, 0.6) is 0 Å². The van der Waals surface area contributed by atoms with Crippen LogP contribution >= 0.6 is 11.8 Å². The summed E-state index contributed by atoms with van der Waals surface area (Å²) < 4.78 is 1.82. The lowest BCUT2D eigenvalue weighted by Gasteiger charge is -2.05. The zero-order chi connectivity index (χ0) is 10.7. The third-order valence-electron chi connectivity index (χ3n) is 1.87. The Morgan fingerprint density at radius 1 is 1.64 bits per heavy atom.